The Labute approximate surface area is 112 Å². The first-order valence-corrected chi connectivity index (χ1v) is 7.08. The molecule has 4 heteroatoms. The smallest absolute Gasteiger partial charge is 0.129 e. The highest BCUT2D eigenvalue weighted by Gasteiger charge is 2.01. The van der Waals surface area contributed by atoms with E-state index in [4.69, 9.17) is 9.15 Å². The summed E-state index contributed by atoms with van der Waals surface area (Å²) in [6.45, 7) is 5.39. The van der Waals surface area contributed by atoms with Crippen LogP contribution in [0.5, 0.6) is 0 Å². The standard InChI is InChI=1S/C14H19NO2S/c1-2-7-15-9-13-5-6-14(18-13)11-16-10-12-4-3-8-17-12/h3-6,8,15H,2,7,9-11H2,1H3. The van der Waals surface area contributed by atoms with Gasteiger partial charge in [0, 0.05) is 16.3 Å². The van der Waals surface area contributed by atoms with Crippen molar-refractivity contribution in [3.05, 3.63) is 46.0 Å². The van der Waals surface area contributed by atoms with Crippen LogP contribution in [-0.4, -0.2) is 6.54 Å². The van der Waals surface area contributed by atoms with Crippen LogP contribution in [0.15, 0.2) is 34.9 Å². The number of nitrogens with one attached hydrogen (secondary N) is 1. The van der Waals surface area contributed by atoms with Crippen molar-refractivity contribution in [2.45, 2.75) is 33.1 Å². The van der Waals surface area contributed by atoms with Gasteiger partial charge in [-0.25, -0.2) is 0 Å². The lowest BCUT2D eigenvalue weighted by atomic mass is 10.4. The molecule has 2 rings (SSSR count). The Morgan fingerprint density at radius 2 is 2.11 bits per heavy atom. The van der Waals surface area contributed by atoms with Gasteiger partial charge in [0.05, 0.1) is 12.9 Å². The molecule has 18 heavy (non-hydrogen) atoms. The second-order valence-corrected chi connectivity index (χ2v) is 5.37. The Kier molecular flexibility index (Phi) is 5.45. The fraction of sp³-hybridized carbons (Fsp3) is 0.429. The summed E-state index contributed by atoms with van der Waals surface area (Å²) in [5, 5.41) is 3.40. The van der Waals surface area contributed by atoms with Crippen LogP contribution < -0.4 is 5.32 Å². The number of hydrogen-bond donors (Lipinski definition) is 1. The van der Waals surface area contributed by atoms with Crippen LogP contribution in [0.4, 0.5) is 0 Å². The fourth-order valence-corrected chi connectivity index (χ4v) is 2.56. The van der Waals surface area contributed by atoms with Gasteiger partial charge in [0.15, 0.2) is 0 Å². The molecule has 0 aromatic carbocycles. The molecule has 0 aliphatic heterocycles. The van der Waals surface area contributed by atoms with Crippen LogP contribution in [-0.2, 0) is 24.5 Å². The van der Waals surface area contributed by atoms with Crippen molar-refractivity contribution >= 4 is 11.3 Å². The Morgan fingerprint density at radius 1 is 1.22 bits per heavy atom. The summed E-state index contributed by atoms with van der Waals surface area (Å²) in [4.78, 5) is 2.62. The summed E-state index contributed by atoms with van der Waals surface area (Å²) in [7, 11) is 0. The van der Waals surface area contributed by atoms with Gasteiger partial charge in [0.1, 0.15) is 12.4 Å². The van der Waals surface area contributed by atoms with Crippen molar-refractivity contribution in [3.63, 3.8) is 0 Å². The molecule has 2 aromatic heterocycles. The molecular weight excluding hydrogens is 246 g/mol. The maximum absolute atomic E-state index is 5.60. The molecule has 0 saturated carbocycles. The highest BCUT2D eigenvalue weighted by atomic mass is 32.1. The second-order valence-electron chi connectivity index (χ2n) is 4.12. The summed E-state index contributed by atoms with van der Waals surface area (Å²) < 4.78 is 10.8. The van der Waals surface area contributed by atoms with Crippen LogP contribution >= 0.6 is 11.3 Å². The summed E-state index contributed by atoms with van der Waals surface area (Å²) >= 11 is 1.80. The molecule has 3 nitrogen and oxygen atoms in total. The van der Waals surface area contributed by atoms with Crippen LogP contribution in [0, 0.1) is 0 Å². The number of hydrogen-bond acceptors (Lipinski definition) is 4. The zero-order valence-corrected chi connectivity index (χ0v) is 11.5. The van der Waals surface area contributed by atoms with Crippen LogP contribution in [0.3, 0.4) is 0 Å². The molecule has 0 fully saturated rings. The normalized spacial score (nSPS) is 10.9. The van der Waals surface area contributed by atoms with Gasteiger partial charge in [0.25, 0.3) is 0 Å². The largest absolute Gasteiger partial charge is 0.467 e. The van der Waals surface area contributed by atoms with Crippen LogP contribution in [0.1, 0.15) is 28.9 Å². The Balaban J connectivity index is 1.69. The molecule has 0 unspecified atom stereocenters. The SMILES string of the molecule is CCCNCc1ccc(COCc2ccco2)s1. The third-order valence-electron chi connectivity index (χ3n) is 2.51. The van der Waals surface area contributed by atoms with E-state index in [1.807, 2.05) is 12.1 Å². The van der Waals surface area contributed by atoms with Crippen molar-refractivity contribution in [1.29, 1.82) is 0 Å². The van der Waals surface area contributed by atoms with Gasteiger partial charge in [0.2, 0.25) is 0 Å². The number of furan rings is 1. The van der Waals surface area contributed by atoms with E-state index in [2.05, 4.69) is 24.4 Å². The van der Waals surface area contributed by atoms with Gasteiger partial charge < -0.3 is 14.5 Å². The predicted octanol–water partition coefficient (Wildman–Crippen LogP) is 3.56. The van der Waals surface area contributed by atoms with E-state index in [0.717, 1.165) is 18.8 Å². The molecule has 0 aliphatic rings. The first-order valence-electron chi connectivity index (χ1n) is 6.27. The highest BCUT2D eigenvalue weighted by Crippen LogP contribution is 2.17. The number of ether oxygens (including phenoxy) is 1. The summed E-state index contributed by atoms with van der Waals surface area (Å²) in [6, 6.07) is 8.10. The molecular formula is C14H19NO2S. The lowest BCUT2D eigenvalue weighted by Gasteiger charge is -2.00. The molecule has 0 radical (unpaired) electrons. The third-order valence-corrected chi connectivity index (χ3v) is 3.57. The highest BCUT2D eigenvalue weighted by molar-refractivity contribution is 7.11. The minimum Gasteiger partial charge on any atom is -0.467 e. The van der Waals surface area contributed by atoms with Crippen molar-refractivity contribution in [1.82, 2.24) is 5.32 Å². The molecule has 0 spiro atoms. The second kappa shape index (κ2) is 7.36. The van der Waals surface area contributed by atoms with E-state index in [1.165, 1.54) is 16.2 Å². The first kappa shape index (κ1) is 13.3. The van der Waals surface area contributed by atoms with Gasteiger partial charge in [-0.15, -0.1) is 11.3 Å². The van der Waals surface area contributed by atoms with Crippen molar-refractivity contribution in [3.8, 4) is 0 Å². The molecule has 0 saturated heterocycles. The Hall–Kier alpha value is -1.10. The quantitative estimate of drug-likeness (QED) is 0.741. The Morgan fingerprint density at radius 3 is 2.89 bits per heavy atom. The molecule has 98 valence electrons. The van der Waals surface area contributed by atoms with E-state index < -0.39 is 0 Å². The minimum atomic E-state index is 0.536. The van der Waals surface area contributed by atoms with Crippen molar-refractivity contribution in [2.24, 2.45) is 0 Å². The third kappa shape index (κ3) is 4.29. The molecule has 2 aromatic rings. The van der Waals surface area contributed by atoms with Crippen LogP contribution in [0.25, 0.3) is 0 Å². The average molecular weight is 265 g/mol. The first-order chi connectivity index (χ1) is 8.88. The van der Waals surface area contributed by atoms with Gasteiger partial charge in [-0.2, -0.15) is 0 Å². The Bertz CT molecular complexity index is 436. The fourth-order valence-electron chi connectivity index (χ4n) is 1.63. The maximum atomic E-state index is 5.60. The summed E-state index contributed by atoms with van der Waals surface area (Å²) in [5.74, 6) is 0.872. The molecule has 0 amide bonds. The number of rotatable bonds is 8. The van der Waals surface area contributed by atoms with E-state index in [1.54, 1.807) is 17.6 Å². The van der Waals surface area contributed by atoms with E-state index >= 15 is 0 Å². The van der Waals surface area contributed by atoms with Crippen molar-refractivity contribution < 1.29 is 9.15 Å². The lowest BCUT2D eigenvalue weighted by Crippen LogP contribution is -2.12. The molecule has 0 atom stereocenters. The van der Waals surface area contributed by atoms with Gasteiger partial charge in [-0.05, 0) is 37.2 Å². The molecule has 0 aliphatic carbocycles. The average Bonchev–Trinajstić information content (AvgIpc) is 3.01. The van der Waals surface area contributed by atoms with Gasteiger partial charge in [-0.1, -0.05) is 6.92 Å². The summed E-state index contributed by atoms with van der Waals surface area (Å²) in [6.07, 6.45) is 2.84. The topological polar surface area (TPSA) is 34.4 Å². The van der Waals surface area contributed by atoms with E-state index in [-0.39, 0.29) is 0 Å². The lowest BCUT2D eigenvalue weighted by molar-refractivity contribution is 0.0948. The van der Waals surface area contributed by atoms with Crippen molar-refractivity contribution in [2.75, 3.05) is 6.54 Å². The monoisotopic (exact) mass is 265 g/mol. The summed E-state index contributed by atoms with van der Waals surface area (Å²) in [5.41, 5.74) is 0. The molecule has 1 N–H and O–H groups in total. The zero-order chi connectivity index (χ0) is 12.6. The van der Waals surface area contributed by atoms with Crippen LogP contribution in [0.2, 0.25) is 0 Å². The molecule has 0 bridgehead atoms. The van der Waals surface area contributed by atoms with Gasteiger partial charge in [-0.3, -0.25) is 0 Å². The molecule has 2 heterocycles. The van der Waals surface area contributed by atoms with E-state index in [9.17, 15) is 0 Å². The predicted molar refractivity (Wildman–Crippen MR) is 73.5 cm³/mol. The zero-order valence-electron chi connectivity index (χ0n) is 10.6. The minimum absolute atomic E-state index is 0.536. The number of thiophene rings is 1. The van der Waals surface area contributed by atoms with Gasteiger partial charge >= 0.3 is 0 Å². The van der Waals surface area contributed by atoms with E-state index in [0.29, 0.717) is 13.2 Å². The maximum Gasteiger partial charge on any atom is 0.129 e.